The molecule has 4 atom stereocenters. The smallest absolute Gasteiger partial charge is 0.136 e. The Kier molecular flexibility index (Phi) is 3.96. The third-order valence-electron chi connectivity index (χ3n) is 3.49. The van der Waals surface area contributed by atoms with Crippen molar-refractivity contribution < 1.29 is 20.1 Å². The molecule has 4 nitrogen and oxygen atoms in total. The van der Waals surface area contributed by atoms with Crippen molar-refractivity contribution in [2.24, 2.45) is 0 Å². The van der Waals surface area contributed by atoms with Crippen LogP contribution >= 0.6 is 11.8 Å². The lowest BCUT2D eigenvalue weighted by molar-refractivity contribution is -0.00808. The Bertz CT molecular complexity index is 598. The molecule has 20 heavy (non-hydrogen) atoms. The highest BCUT2D eigenvalue weighted by atomic mass is 32.2. The molecule has 1 fully saturated rings. The maximum atomic E-state index is 9.99. The van der Waals surface area contributed by atoms with Crippen LogP contribution in [0.25, 0.3) is 10.8 Å². The lowest BCUT2D eigenvalue weighted by atomic mass is 10.1. The molecule has 1 saturated heterocycles. The van der Waals surface area contributed by atoms with Gasteiger partial charge in [-0.25, -0.2) is 0 Å². The van der Waals surface area contributed by atoms with Crippen LogP contribution in [0.15, 0.2) is 47.4 Å². The van der Waals surface area contributed by atoms with Crippen molar-refractivity contribution in [2.45, 2.75) is 28.6 Å². The molecule has 106 valence electrons. The Morgan fingerprint density at radius 2 is 1.75 bits per heavy atom. The monoisotopic (exact) mass is 292 g/mol. The molecule has 0 bridgehead atoms. The lowest BCUT2D eigenvalue weighted by Crippen LogP contribution is -2.33. The molecule has 1 aliphatic rings. The summed E-state index contributed by atoms with van der Waals surface area (Å²) in [6.45, 7) is -0.301. The van der Waals surface area contributed by atoms with E-state index in [4.69, 9.17) is 9.84 Å². The minimum Gasteiger partial charge on any atom is -0.394 e. The number of hydrogen-bond donors (Lipinski definition) is 3. The summed E-state index contributed by atoms with van der Waals surface area (Å²) in [5, 5.41) is 31.1. The number of fused-ring (bicyclic) bond motifs is 1. The van der Waals surface area contributed by atoms with Gasteiger partial charge in [0.25, 0.3) is 0 Å². The number of hydrogen-bond acceptors (Lipinski definition) is 5. The van der Waals surface area contributed by atoms with E-state index in [1.165, 1.54) is 11.8 Å². The second-order valence-electron chi connectivity index (χ2n) is 4.80. The van der Waals surface area contributed by atoms with Gasteiger partial charge < -0.3 is 20.1 Å². The molecule has 0 spiro atoms. The molecule has 0 radical (unpaired) electrons. The minimum atomic E-state index is -1.05. The van der Waals surface area contributed by atoms with E-state index in [1.54, 1.807) is 0 Å². The molecule has 1 aliphatic heterocycles. The van der Waals surface area contributed by atoms with Crippen molar-refractivity contribution >= 4 is 22.5 Å². The summed E-state index contributed by atoms with van der Waals surface area (Å²) in [6.07, 6.45) is -2.78. The highest BCUT2D eigenvalue weighted by molar-refractivity contribution is 8.00. The average molecular weight is 292 g/mol. The van der Waals surface area contributed by atoms with Gasteiger partial charge in [0, 0.05) is 4.90 Å². The van der Waals surface area contributed by atoms with Gasteiger partial charge in [-0.05, 0) is 16.8 Å². The van der Waals surface area contributed by atoms with E-state index < -0.39 is 23.7 Å². The summed E-state index contributed by atoms with van der Waals surface area (Å²) >= 11 is 1.37. The molecule has 1 heterocycles. The molecule has 3 N–H and O–H groups in total. The van der Waals surface area contributed by atoms with Gasteiger partial charge in [-0.3, -0.25) is 0 Å². The van der Waals surface area contributed by atoms with E-state index in [0.717, 1.165) is 15.7 Å². The highest BCUT2D eigenvalue weighted by Crippen LogP contribution is 2.37. The van der Waals surface area contributed by atoms with Gasteiger partial charge in [0.15, 0.2) is 0 Å². The first-order valence-corrected chi connectivity index (χ1v) is 7.35. The summed E-state index contributed by atoms with van der Waals surface area (Å²) in [7, 11) is 0. The standard InChI is InChI=1S/C15H16O4S/c16-8-11-13(17)14(18)15(19-11)20-12-7-3-5-9-4-1-2-6-10(9)12/h1-7,11,13-18H,8H2/t11-,13+,14-,15?/m1/s1. The number of aliphatic hydroxyl groups excluding tert-OH is 3. The molecule has 0 aliphatic carbocycles. The number of rotatable bonds is 3. The number of aliphatic hydroxyl groups is 3. The number of thioether (sulfide) groups is 1. The van der Waals surface area contributed by atoms with Crippen molar-refractivity contribution in [3.8, 4) is 0 Å². The Labute approximate surface area is 121 Å². The van der Waals surface area contributed by atoms with Gasteiger partial charge in [-0.15, -0.1) is 0 Å². The number of ether oxygens (including phenoxy) is 1. The van der Waals surface area contributed by atoms with E-state index in [1.807, 2.05) is 42.5 Å². The zero-order chi connectivity index (χ0) is 14.1. The molecular formula is C15H16O4S. The summed E-state index contributed by atoms with van der Waals surface area (Å²) in [4.78, 5) is 0.984. The fourth-order valence-electron chi connectivity index (χ4n) is 2.39. The van der Waals surface area contributed by atoms with Gasteiger partial charge in [-0.2, -0.15) is 0 Å². The second-order valence-corrected chi connectivity index (χ2v) is 5.94. The fourth-order valence-corrected chi connectivity index (χ4v) is 3.61. The van der Waals surface area contributed by atoms with Crippen LogP contribution in [0.2, 0.25) is 0 Å². The van der Waals surface area contributed by atoms with Gasteiger partial charge in [0.2, 0.25) is 0 Å². The van der Waals surface area contributed by atoms with E-state index in [0.29, 0.717) is 0 Å². The summed E-state index contributed by atoms with van der Waals surface area (Å²) in [5.41, 5.74) is -0.576. The normalized spacial score (nSPS) is 29.9. The minimum absolute atomic E-state index is 0.301. The van der Waals surface area contributed by atoms with Crippen molar-refractivity contribution in [1.29, 1.82) is 0 Å². The molecule has 2 aromatic carbocycles. The topological polar surface area (TPSA) is 69.9 Å². The van der Waals surface area contributed by atoms with E-state index in [-0.39, 0.29) is 6.61 Å². The Hall–Kier alpha value is -1.11. The van der Waals surface area contributed by atoms with Crippen LogP contribution in [0.4, 0.5) is 0 Å². The van der Waals surface area contributed by atoms with Crippen LogP contribution in [-0.2, 0) is 4.74 Å². The van der Waals surface area contributed by atoms with Crippen LogP contribution in [0.3, 0.4) is 0 Å². The predicted octanol–water partition coefficient (Wildman–Crippen LogP) is 1.37. The van der Waals surface area contributed by atoms with Crippen molar-refractivity contribution in [2.75, 3.05) is 6.61 Å². The largest absolute Gasteiger partial charge is 0.394 e. The number of benzene rings is 2. The summed E-state index contributed by atoms with van der Waals surface area (Å²) in [6, 6.07) is 13.9. The molecule has 3 rings (SSSR count). The highest BCUT2D eigenvalue weighted by Gasteiger charge is 2.42. The SMILES string of the molecule is OC[C@H]1OC(Sc2cccc3ccccc23)[C@H](O)[C@H]1O. The average Bonchev–Trinajstić information content (AvgIpc) is 2.75. The van der Waals surface area contributed by atoms with Crippen LogP contribution in [0, 0.1) is 0 Å². The van der Waals surface area contributed by atoms with Crippen LogP contribution in [0.1, 0.15) is 0 Å². The maximum Gasteiger partial charge on any atom is 0.136 e. The zero-order valence-electron chi connectivity index (χ0n) is 10.7. The summed E-state index contributed by atoms with van der Waals surface area (Å²) < 4.78 is 5.50. The van der Waals surface area contributed by atoms with Crippen molar-refractivity contribution in [1.82, 2.24) is 0 Å². The third kappa shape index (κ3) is 2.43. The van der Waals surface area contributed by atoms with Crippen LogP contribution < -0.4 is 0 Å². The molecule has 0 amide bonds. The van der Waals surface area contributed by atoms with E-state index in [2.05, 4.69) is 0 Å². The van der Waals surface area contributed by atoms with Gasteiger partial charge in [-0.1, -0.05) is 48.2 Å². The first-order chi connectivity index (χ1) is 9.70. The van der Waals surface area contributed by atoms with E-state index in [9.17, 15) is 10.2 Å². The molecule has 5 heteroatoms. The van der Waals surface area contributed by atoms with Crippen molar-refractivity contribution in [3.63, 3.8) is 0 Å². The third-order valence-corrected chi connectivity index (χ3v) is 4.72. The van der Waals surface area contributed by atoms with Gasteiger partial charge in [0.05, 0.1) is 6.61 Å². The molecule has 1 unspecified atom stereocenters. The first-order valence-electron chi connectivity index (χ1n) is 6.47. The molecule has 0 aromatic heterocycles. The summed E-state index contributed by atoms with van der Waals surface area (Å²) in [5.74, 6) is 0. The molecule has 2 aromatic rings. The zero-order valence-corrected chi connectivity index (χ0v) is 11.5. The Balaban J connectivity index is 1.87. The van der Waals surface area contributed by atoms with Crippen LogP contribution in [-0.4, -0.2) is 45.7 Å². The maximum absolute atomic E-state index is 9.99. The molecular weight excluding hydrogens is 276 g/mol. The van der Waals surface area contributed by atoms with Crippen LogP contribution in [0.5, 0.6) is 0 Å². The lowest BCUT2D eigenvalue weighted by Gasteiger charge is -2.15. The Morgan fingerprint density at radius 3 is 2.50 bits per heavy atom. The molecule has 0 saturated carbocycles. The van der Waals surface area contributed by atoms with Gasteiger partial charge in [0.1, 0.15) is 23.7 Å². The first kappa shape index (κ1) is 13.9. The van der Waals surface area contributed by atoms with Crippen molar-refractivity contribution in [3.05, 3.63) is 42.5 Å². The van der Waals surface area contributed by atoms with Gasteiger partial charge >= 0.3 is 0 Å². The van der Waals surface area contributed by atoms with E-state index >= 15 is 0 Å². The quantitative estimate of drug-likeness (QED) is 0.797. The predicted molar refractivity (Wildman–Crippen MR) is 77.6 cm³/mol. The second kappa shape index (κ2) is 5.71. The Morgan fingerprint density at radius 1 is 1.00 bits per heavy atom. The fraction of sp³-hybridized carbons (Fsp3) is 0.333.